The fraction of sp³-hybridized carbons (Fsp3) is 0.545. The van der Waals surface area contributed by atoms with Crippen molar-refractivity contribution >= 4 is 0 Å². The van der Waals surface area contributed by atoms with E-state index < -0.39 is 0 Å². The molecule has 0 aliphatic heterocycles. The van der Waals surface area contributed by atoms with Gasteiger partial charge in [0.1, 0.15) is 0 Å². The molecule has 0 aliphatic rings. The van der Waals surface area contributed by atoms with Crippen LogP contribution in [0.4, 0.5) is 0 Å². The summed E-state index contributed by atoms with van der Waals surface area (Å²) in [7, 11) is 0. The molecule has 4 nitrogen and oxygen atoms in total. The average Bonchev–Trinajstić information content (AvgIpc) is 2.23. The molecule has 4 heteroatoms. The Balaban J connectivity index is 2.97. The summed E-state index contributed by atoms with van der Waals surface area (Å²) < 4.78 is 16.3. The summed E-state index contributed by atoms with van der Waals surface area (Å²) in [6.07, 6.45) is 1.65. The fourth-order valence-corrected chi connectivity index (χ4v) is 1.20. The van der Waals surface area contributed by atoms with Crippen molar-refractivity contribution in [3.63, 3.8) is 0 Å². The second kappa shape index (κ2) is 6.11. The lowest BCUT2D eigenvalue weighted by Crippen LogP contribution is -2.03. The van der Waals surface area contributed by atoms with Crippen molar-refractivity contribution in [2.75, 3.05) is 19.8 Å². The minimum absolute atomic E-state index is 0.491. The highest BCUT2D eigenvalue weighted by molar-refractivity contribution is 5.46. The molecule has 0 radical (unpaired) electrons. The Kier molecular flexibility index (Phi) is 4.74. The quantitative estimate of drug-likeness (QED) is 0.723. The third kappa shape index (κ3) is 3.01. The van der Waals surface area contributed by atoms with E-state index in [-0.39, 0.29) is 0 Å². The van der Waals surface area contributed by atoms with Gasteiger partial charge in [-0.2, -0.15) is 0 Å². The maximum atomic E-state index is 5.46. The number of nitrogens with zero attached hydrogens (tertiary/aromatic N) is 1. The predicted molar refractivity (Wildman–Crippen MR) is 57.7 cm³/mol. The number of hydrogen-bond donors (Lipinski definition) is 0. The van der Waals surface area contributed by atoms with Crippen LogP contribution < -0.4 is 14.2 Å². The monoisotopic (exact) mass is 211 g/mol. The zero-order valence-corrected chi connectivity index (χ0v) is 9.45. The lowest BCUT2D eigenvalue weighted by molar-refractivity contribution is 0.254. The Morgan fingerprint density at radius 3 is 2.27 bits per heavy atom. The number of hydrogen-bond acceptors (Lipinski definition) is 4. The summed E-state index contributed by atoms with van der Waals surface area (Å²) in [5.74, 6) is 1.76. The van der Waals surface area contributed by atoms with Crippen molar-refractivity contribution in [1.29, 1.82) is 0 Å². The van der Waals surface area contributed by atoms with E-state index in [0.717, 1.165) is 0 Å². The standard InChI is InChI=1S/C11H17NO3/c1-4-13-9-7-8-12-11(15-6-3)10(9)14-5-2/h7-8H,4-6H2,1-3H3. The summed E-state index contributed by atoms with van der Waals surface area (Å²) in [6, 6.07) is 1.77. The van der Waals surface area contributed by atoms with Crippen LogP contribution in [0.1, 0.15) is 20.8 Å². The van der Waals surface area contributed by atoms with Gasteiger partial charge in [0.05, 0.1) is 19.8 Å². The van der Waals surface area contributed by atoms with Crippen LogP contribution in [-0.2, 0) is 0 Å². The Bertz CT molecular complexity index is 278. The molecule has 0 bridgehead atoms. The van der Waals surface area contributed by atoms with Crippen LogP contribution in [0.5, 0.6) is 17.4 Å². The number of aromatic nitrogens is 1. The zero-order chi connectivity index (χ0) is 11.1. The van der Waals surface area contributed by atoms with Crippen LogP contribution in [0.15, 0.2) is 12.3 Å². The molecule has 1 rings (SSSR count). The van der Waals surface area contributed by atoms with E-state index in [2.05, 4.69) is 4.98 Å². The van der Waals surface area contributed by atoms with Crippen molar-refractivity contribution in [2.45, 2.75) is 20.8 Å². The molecule has 0 saturated carbocycles. The second-order valence-corrected chi connectivity index (χ2v) is 2.74. The number of ether oxygens (including phenoxy) is 3. The third-order valence-electron chi connectivity index (χ3n) is 1.71. The molecular formula is C11H17NO3. The van der Waals surface area contributed by atoms with Gasteiger partial charge >= 0.3 is 0 Å². The summed E-state index contributed by atoms with van der Waals surface area (Å²) in [6.45, 7) is 7.46. The molecule has 0 N–H and O–H groups in total. The van der Waals surface area contributed by atoms with E-state index in [1.807, 2.05) is 20.8 Å². The first-order chi connectivity index (χ1) is 7.33. The van der Waals surface area contributed by atoms with E-state index in [1.54, 1.807) is 12.3 Å². The number of pyridine rings is 1. The van der Waals surface area contributed by atoms with Crippen LogP contribution in [-0.4, -0.2) is 24.8 Å². The van der Waals surface area contributed by atoms with Crippen molar-refractivity contribution in [3.05, 3.63) is 12.3 Å². The minimum Gasteiger partial charge on any atom is -0.490 e. The topological polar surface area (TPSA) is 40.6 Å². The smallest absolute Gasteiger partial charge is 0.261 e. The van der Waals surface area contributed by atoms with Gasteiger partial charge in [0.2, 0.25) is 5.75 Å². The van der Waals surface area contributed by atoms with E-state index in [1.165, 1.54) is 0 Å². The first-order valence-electron chi connectivity index (χ1n) is 5.20. The summed E-state index contributed by atoms with van der Waals surface area (Å²) >= 11 is 0. The fourth-order valence-electron chi connectivity index (χ4n) is 1.20. The van der Waals surface area contributed by atoms with Crippen molar-refractivity contribution in [1.82, 2.24) is 4.98 Å². The van der Waals surface area contributed by atoms with Gasteiger partial charge in [-0.15, -0.1) is 0 Å². The second-order valence-electron chi connectivity index (χ2n) is 2.74. The highest BCUT2D eigenvalue weighted by Crippen LogP contribution is 2.35. The van der Waals surface area contributed by atoms with Gasteiger partial charge in [-0.25, -0.2) is 4.98 Å². The molecule has 0 aromatic carbocycles. The summed E-state index contributed by atoms with van der Waals surface area (Å²) in [5, 5.41) is 0. The first kappa shape index (κ1) is 11.6. The van der Waals surface area contributed by atoms with Gasteiger partial charge in [-0.1, -0.05) is 0 Å². The van der Waals surface area contributed by atoms with Gasteiger partial charge in [-0.05, 0) is 20.8 Å². The van der Waals surface area contributed by atoms with Crippen molar-refractivity contribution in [2.24, 2.45) is 0 Å². The Labute approximate surface area is 90.2 Å². The van der Waals surface area contributed by atoms with Crippen LogP contribution in [0.2, 0.25) is 0 Å². The van der Waals surface area contributed by atoms with Gasteiger partial charge < -0.3 is 14.2 Å². The Hall–Kier alpha value is -1.45. The SMILES string of the molecule is CCOc1ccnc(OCC)c1OCC. The molecule has 0 saturated heterocycles. The highest BCUT2D eigenvalue weighted by Gasteiger charge is 2.12. The van der Waals surface area contributed by atoms with E-state index in [0.29, 0.717) is 37.2 Å². The average molecular weight is 211 g/mol. The molecule has 0 atom stereocenters. The van der Waals surface area contributed by atoms with Crippen LogP contribution in [0, 0.1) is 0 Å². The van der Waals surface area contributed by atoms with Gasteiger partial charge in [0.15, 0.2) is 5.75 Å². The molecular weight excluding hydrogens is 194 g/mol. The molecule has 84 valence electrons. The van der Waals surface area contributed by atoms with E-state index >= 15 is 0 Å². The van der Waals surface area contributed by atoms with Crippen LogP contribution in [0.25, 0.3) is 0 Å². The molecule has 1 heterocycles. The van der Waals surface area contributed by atoms with Crippen LogP contribution in [0.3, 0.4) is 0 Å². The molecule has 0 amide bonds. The summed E-state index contributed by atoms with van der Waals surface area (Å²) in [4.78, 5) is 4.10. The van der Waals surface area contributed by atoms with Gasteiger partial charge in [-0.3, -0.25) is 0 Å². The van der Waals surface area contributed by atoms with Gasteiger partial charge in [0.25, 0.3) is 5.88 Å². The van der Waals surface area contributed by atoms with Crippen molar-refractivity contribution in [3.8, 4) is 17.4 Å². The molecule has 1 aromatic heterocycles. The highest BCUT2D eigenvalue weighted by atomic mass is 16.5. The van der Waals surface area contributed by atoms with Crippen molar-refractivity contribution < 1.29 is 14.2 Å². The van der Waals surface area contributed by atoms with Crippen LogP contribution >= 0.6 is 0 Å². The largest absolute Gasteiger partial charge is 0.490 e. The Morgan fingerprint density at radius 2 is 1.67 bits per heavy atom. The molecule has 1 aromatic rings. The molecule has 0 aliphatic carbocycles. The van der Waals surface area contributed by atoms with E-state index in [4.69, 9.17) is 14.2 Å². The van der Waals surface area contributed by atoms with Gasteiger partial charge in [0, 0.05) is 12.3 Å². The zero-order valence-electron chi connectivity index (χ0n) is 9.45. The maximum Gasteiger partial charge on any atom is 0.261 e. The first-order valence-corrected chi connectivity index (χ1v) is 5.20. The summed E-state index contributed by atoms with van der Waals surface area (Å²) in [5.41, 5.74) is 0. The van der Waals surface area contributed by atoms with E-state index in [9.17, 15) is 0 Å². The third-order valence-corrected chi connectivity index (χ3v) is 1.71. The maximum absolute atomic E-state index is 5.46. The Morgan fingerprint density at radius 1 is 1.00 bits per heavy atom. The molecule has 0 fully saturated rings. The predicted octanol–water partition coefficient (Wildman–Crippen LogP) is 2.28. The molecule has 0 unspecified atom stereocenters. The molecule has 15 heavy (non-hydrogen) atoms. The minimum atomic E-state index is 0.491. The number of rotatable bonds is 6. The normalized spacial score (nSPS) is 9.80. The lowest BCUT2D eigenvalue weighted by atomic mass is 10.4. The lowest BCUT2D eigenvalue weighted by Gasteiger charge is -2.13. The molecule has 0 spiro atoms.